The summed E-state index contributed by atoms with van der Waals surface area (Å²) in [5.74, 6) is 0.211. The zero-order chi connectivity index (χ0) is 12.2. The smallest absolute Gasteiger partial charge is 0.405 e. The minimum Gasteiger partial charge on any atom is -0.495 e. The molecular weight excluding hydrogens is 221 g/mol. The van der Waals surface area contributed by atoms with Crippen LogP contribution in [0, 0.1) is 11.3 Å². The van der Waals surface area contributed by atoms with Crippen molar-refractivity contribution in [3.8, 4) is 11.8 Å². The van der Waals surface area contributed by atoms with Gasteiger partial charge in [0.05, 0.1) is 18.4 Å². The number of hydrogen-bond donors (Lipinski definition) is 1. The first-order valence-corrected chi connectivity index (χ1v) is 4.35. The number of halogens is 3. The third-order valence-corrected chi connectivity index (χ3v) is 1.83. The van der Waals surface area contributed by atoms with Crippen molar-refractivity contribution >= 4 is 5.69 Å². The molecule has 0 radical (unpaired) electrons. The van der Waals surface area contributed by atoms with Gasteiger partial charge in [0.15, 0.2) is 0 Å². The summed E-state index contributed by atoms with van der Waals surface area (Å²) in [5.41, 5.74) is 0.174. The van der Waals surface area contributed by atoms with E-state index in [0.29, 0.717) is 0 Å². The van der Waals surface area contributed by atoms with Crippen LogP contribution in [0.2, 0.25) is 0 Å². The Kier molecular flexibility index (Phi) is 3.61. The molecule has 0 aliphatic rings. The molecule has 1 aromatic carbocycles. The second-order valence-corrected chi connectivity index (χ2v) is 2.96. The predicted octanol–water partition coefficient (Wildman–Crippen LogP) is 2.54. The van der Waals surface area contributed by atoms with Crippen molar-refractivity contribution in [2.24, 2.45) is 0 Å². The highest BCUT2D eigenvalue weighted by Crippen LogP contribution is 2.29. The van der Waals surface area contributed by atoms with E-state index in [4.69, 9.17) is 10.00 Å². The number of methoxy groups -OCH3 is 1. The molecule has 6 heteroatoms. The number of hydrogen-bond acceptors (Lipinski definition) is 3. The molecule has 86 valence electrons. The van der Waals surface area contributed by atoms with E-state index in [9.17, 15) is 13.2 Å². The molecule has 1 aromatic rings. The largest absolute Gasteiger partial charge is 0.495 e. The summed E-state index contributed by atoms with van der Waals surface area (Å²) in [6.07, 6.45) is -4.34. The van der Waals surface area contributed by atoms with Gasteiger partial charge in [0.2, 0.25) is 0 Å². The Morgan fingerprint density at radius 1 is 1.44 bits per heavy atom. The van der Waals surface area contributed by atoms with Crippen molar-refractivity contribution in [2.45, 2.75) is 6.18 Å². The van der Waals surface area contributed by atoms with E-state index in [1.807, 2.05) is 0 Å². The molecule has 0 aromatic heterocycles. The van der Waals surface area contributed by atoms with Crippen molar-refractivity contribution < 1.29 is 17.9 Å². The van der Waals surface area contributed by atoms with Gasteiger partial charge >= 0.3 is 6.18 Å². The number of nitrogens with one attached hydrogen (secondary N) is 1. The fourth-order valence-corrected chi connectivity index (χ4v) is 1.17. The maximum Gasteiger partial charge on any atom is 0.405 e. The van der Waals surface area contributed by atoms with Crippen LogP contribution < -0.4 is 10.1 Å². The van der Waals surface area contributed by atoms with E-state index in [-0.39, 0.29) is 17.0 Å². The zero-order valence-corrected chi connectivity index (χ0v) is 8.43. The monoisotopic (exact) mass is 230 g/mol. The summed E-state index contributed by atoms with van der Waals surface area (Å²) in [7, 11) is 1.33. The number of nitrogens with zero attached hydrogens (tertiary/aromatic N) is 1. The lowest BCUT2D eigenvalue weighted by Crippen LogP contribution is -2.22. The molecule has 0 heterocycles. The van der Waals surface area contributed by atoms with Crippen molar-refractivity contribution in [1.82, 2.24) is 0 Å². The lowest BCUT2D eigenvalue weighted by atomic mass is 10.2. The topological polar surface area (TPSA) is 45.0 Å². The number of rotatable bonds is 3. The maximum atomic E-state index is 12.0. The van der Waals surface area contributed by atoms with Crippen molar-refractivity contribution in [1.29, 1.82) is 5.26 Å². The molecule has 16 heavy (non-hydrogen) atoms. The molecule has 0 aliphatic heterocycles. The van der Waals surface area contributed by atoms with E-state index in [0.717, 1.165) is 0 Å². The van der Waals surface area contributed by atoms with Crippen LogP contribution >= 0.6 is 0 Å². The molecule has 0 spiro atoms. The van der Waals surface area contributed by atoms with Crippen molar-refractivity contribution in [3.63, 3.8) is 0 Å². The lowest BCUT2D eigenvalue weighted by Gasteiger charge is -2.13. The standard InChI is InChI=1S/C10H9F3N2O/c1-16-8-4-2-3-7(5-14)9(8)15-6-10(11,12)13/h2-4,15H,6H2,1H3. The first-order chi connectivity index (χ1) is 7.48. The van der Waals surface area contributed by atoms with Crippen LogP contribution in [-0.2, 0) is 0 Å². The molecule has 0 amide bonds. The van der Waals surface area contributed by atoms with Gasteiger partial charge in [0, 0.05) is 0 Å². The van der Waals surface area contributed by atoms with Gasteiger partial charge in [-0.15, -0.1) is 0 Å². The normalized spacial score (nSPS) is 10.7. The number of ether oxygens (including phenoxy) is 1. The van der Waals surface area contributed by atoms with E-state index < -0.39 is 12.7 Å². The zero-order valence-electron chi connectivity index (χ0n) is 8.43. The van der Waals surface area contributed by atoms with Crippen LogP contribution in [0.25, 0.3) is 0 Å². The van der Waals surface area contributed by atoms with Crippen LogP contribution in [-0.4, -0.2) is 19.8 Å². The van der Waals surface area contributed by atoms with Crippen LogP contribution in [0.3, 0.4) is 0 Å². The van der Waals surface area contributed by atoms with E-state index >= 15 is 0 Å². The highest BCUT2D eigenvalue weighted by molar-refractivity contribution is 5.66. The molecule has 0 saturated heterocycles. The van der Waals surface area contributed by atoms with Gasteiger partial charge in [-0.05, 0) is 12.1 Å². The molecule has 0 saturated carbocycles. The fraction of sp³-hybridized carbons (Fsp3) is 0.300. The maximum absolute atomic E-state index is 12.0. The fourth-order valence-electron chi connectivity index (χ4n) is 1.17. The second-order valence-electron chi connectivity index (χ2n) is 2.96. The number of benzene rings is 1. The molecule has 0 aliphatic carbocycles. The molecule has 0 bridgehead atoms. The minimum atomic E-state index is -4.34. The molecule has 1 N–H and O–H groups in total. The van der Waals surface area contributed by atoms with Gasteiger partial charge in [-0.2, -0.15) is 18.4 Å². The van der Waals surface area contributed by atoms with E-state index in [1.54, 1.807) is 6.07 Å². The third kappa shape index (κ3) is 3.05. The summed E-state index contributed by atoms with van der Waals surface area (Å²) in [4.78, 5) is 0. The van der Waals surface area contributed by atoms with Gasteiger partial charge < -0.3 is 10.1 Å². The predicted molar refractivity (Wildman–Crippen MR) is 52.3 cm³/mol. The van der Waals surface area contributed by atoms with Gasteiger partial charge in [-0.1, -0.05) is 6.07 Å². The van der Waals surface area contributed by atoms with Crippen LogP contribution in [0.1, 0.15) is 5.56 Å². The Balaban J connectivity index is 2.97. The SMILES string of the molecule is COc1cccc(C#N)c1NCC(F)(F)F. The Labute approximate surface area is 90.4 Å². The molecular formula is C10H9F3N2O. The van der Waals surface area contributed by atoms with Gasteiger partial charge in [0.25, 0.3) is 0 Å². The lowest BCUT2D eigenvalue weighted by molar-refractivity contribution is -0.115. The summed E-state index contributed by atoms with van der Waals surface area (Å²) in [6.45, 7) is -1.21. The summed E-state index contributed by atoms with van der Waals surface area (Å²) < 4.78 is 41.0. The average Bonchev–Trinajstić information content (AvgIpc) is 2.24. The first kappa shape index (κ1) is 12.2. The van der Waals surface area contributed by atoms with Gasteiger partial charge in [-0.3, -0.25) is 0 Å². The van der Waals surface area contributed by atoms with Crippen LogP contribution in [0.4, 0.5) is 18.9 Å². The molecule has 3 nitrogen and oxygen atoms in total. The van der Waals surface area contributed by atoms with Crippen molar-refractivity contribution in [3.05, 3.63) is 23.8 Å². The molecule has 0 fully saturated rings. The van der Waals surface area contributed by atoms with E-state index in [2.05, 4.69) is 5.32 Å². The van der Waals surface area contributed by atoms with Crippen LogP contribution in [0.5, 0.6) is 5.75 Å². The highest BCUT2D eigenvalue weighted by Gasteiger charge is 2.27. The van der Waals surface area contributed by atoms with Gasteiger partial charge in [0.1, 0.15) is 18.4 Å². The highest BCUT2D eigenvalue weighted by atomic mass is 19.4. The van der Waals surface area contributed by atoms with E-state index in [1.165, 1.54) is 25.3 Å². The average molecular weight is 230 g/mol. The Morgan fingerprint density at radius 2 is 2.12 bits per heavy atom. The number of alkyl halides is 3. The quantitative estimate of drug-likeness (QED) is 0.867. The number of nitriles is 1. The summed E-state index contributed by atoms with van der Waals surface area (Å²) >= 11 is 0. The Morgan fingerprint density at radius 3 is 2.62 bits per heavy atom. The molecule has 0 atom stereocenters. The Bertz CT molecular complexity index is 410. The summed E-state index contributed by atoms with van der Waals surface area (Å²) in [5, 5.41) is 10.9. The number of anilines is 1. The Hall–Kier alpha value is -1.90. The minimum absolute atomic E-state index is 0.0600. The van der Waals surface area contributed by atoms with Crippen LogP contribution in [0.15, 0.2) is 18.2 Å². The van der Waals surface area contributed by atoms with Crippen molar-refractivity contribution in [2.75, 3.05) is 19.0 Å². The first-order valence-electron chi connectivity index (χ1n) is 4.35. The van der Waals surface area contributed by atoms with Gasteiger partial charge in [-0.25, -0.2) is 0 Å². The summed E-state index contributed by atoms with van der Waals surface area (Å²) in [6, 6.07) is 6.24. The molecule has 0 unspecified atom stereocenters. The third-order valence-electron chi connectivity index (χ3n) is 1.83. The molecule has 1 rings (SSSR count). The second kappa shape index (κ2) is 4.75. The number of para-hydroxylation sites is 1.